The zero-order valence-electron chi connectivity index (χ0n) is 9.97. The molecule has 94 valence electrons. The maximum atomic E-state index is 9.81. The first-order chi connectivity index (χ1) is 8.75. The third kappa shape index (κ3) is 2.13. The molecule has 2 unspecified atom stereocenters. The second-order valence-electron chi connectivity index (χ2n) is 4.75. The van der Waals surface area contributed by atoms with Crippen molar-refractivity contribution in [3.8, 4) is 5.75 Å². The molecule has 0 amide bonds. The molecule has 2 atom stereocenters. The zero-order valence-corrected chi connectivity index (χ0v) is 11.6. The van der Waals surface area contributed by atoms with Crippen LogP contribution in [0, 0.1) is 0 Å². The summed E-state index contributed by atoms with van der Waals surface area (Å²) in [5, 5.41) is 12.1. The van der Waals surface area contributed by atoms with Crippen LogP contribution in [0.3, 0.4) is 0 Å². The molecule has 0 aliphatic heterocycles. The van der Waals surface area contributed by atoms with Crippen molar-refractivity contribution in [3.63, 3.8) is 0 Å². The summed E-state index contributed by atoms with van der Waals surface area (Å²) in [6.07, 6.45) is 2.42. The van der Waals surface area contributed by atoms with E-state index >= 15 is 0 Å². The Hall–Kier alpha value is -1.06. The van der Waals surface area contributed by atoms with Gasteiger partial charge in [0, 0.05) is 0 Å². The van der Waals surface area contributed by atoms with Gasteiger partial charge in [-0.05, 0) is 52.0 Å². The number of ether oxygens (including phenoxy) is 1. The molecule has 1 N–H and O–H groups in total. The Bertz CT molecular complexity index is 567. The maximum Gasteiger partial charge on any atom is 0.134 e. The molecule has 0 spiro atoms. The van der Waals surface area contributed by atoms with E-state index in [4.69, 9.17) is 4.74 Å². The average Bonchev–Trinajstić information content (AvgIpc) is 2.79. The lowest BCUT2D eigenvalue weighted by Crippen LogP contribution is -2.25. The second-order valence-corrected chi connectivity index (χ2v) is 5.55. The molecule has 0 aromatic heterocycles. The Morgan fingerprint density at radius 3 is 2.72 bits per heavy atom. The molecule has 3 rings (SSSR count). The topological polar surface area (TPSA) is 29.5 Å². The SMILES string of the molecule is OC1CCCC1Oc1ccc2ccccc2c1Br. The number of aliphatic hydroxyl groups excluding tert-OH is 1. The van der Waals surface area contributed by atoms with E-state index in [0.29, 0.717) is 0 Å². The fourth-order valence-corrected chi connectivity index (χ4v) is 3.10. The van der Waals surface area contributed by atoms with Crippen LogP contribution in [0.4, 0.5) is 0 Å². The summed E-state index contributed by atoms with van der Waals surface area (Å²) in [6.45, 7) is 0. The second kappa shape index (κ2) is 4.90. The quantitative estimate of drug-likeness (QED) is 0.912. The van der Waals surface area contributed by atoms with E-state index < -0.39 is 0 Å². The molecule has 1 saturated carbocycles. The monoisotopic (exact) mass is 306 g/mol. The number of aliphatic hydroxyl groups is 1. The molecule has 0 heterocycles. The minimum Gasteiger partial charge on any atom is -0.487 e. The molecule has 2 nitrogen and oxygen atoms in total. The molecular weight excluding hydrogens is 292 g/mol. The number of halogens is 1. The van der Waals surface area contributed by atoms with Crippen molar-refractivity contribution in [2.24, 2.45) is 0 Å². The van der Waals surface area contributed by atoms with Crippen LogP contribution < -0.4 is 4.74 Å². The van der Waals surface area contributed by atoms with Crippen LogP contribution in [0.2, 0.25) is 0 Å². The Balaban J connectivity index is 1.95. The Kier molecular flexibility index (Phi) is 3.27. The Morgan fingerprint density at radius 2 is 1.94 bits per heavy atom. The highest BCUT2D eigenvalue weighted by Gasteiger charge is 2.27. The lowest BCUT2D eigenvalue weighted by molar-refractivity contribution is 0.0600. The molecule has 18 heavy (non-hydrogen) atoms. The first kappa shape index (κ1) is 12.0. The van der Waals surface area contributed by atoms with Gasteiger partial charge in [0.2, 0.25) is 0 Å². The highest BCUT2D eigenvalue weighted by molar-refractivity contribution is 9.10. The lowest BCUT2D eigenvalue weighted by atomic mass is 10.1. The summed E-state index contributed by atoms with van der Waals surface area (Å²) in [4.78, 5) is 0. The molecule has 0 bridgehead atoms. The van der Waals surface area contributed by atoms with Crippen molar-refractivity contribution in [2.45, 2.75) is 31.5 Å². The van der Waals surface area contributed by atoms with Gasteiger partial charge in [0.25, 0.3) is 0 Å². The minimum atomic E-state index is -0.330. The average molecular weight is 307 g/mol. The predicted molar refractivity (Wildman–Crippen MR) is 75.9 cm³/mol. The van der Waals surface area contributed by atoms with E-state index in [-0.39, 0.29) is 12.2 Å². The van der Waals surface area contributed by atoms with E-state index in [0.717, 1.165) is 34.9 Å². The van der Waals surface area contributed by atoms with Crippen molar-refractivity contribution >= 4 is 26.7 Å². The van der Waals surface area contributed by atoms with Crippen molar-refractivity contribution in [3.05, 3.63) is 40.9 Å². The first-order valence-electron chi connectivity index (χ1n) is 6.27. The van der Waals surface area contributed by atoms with Gasteiger partial charge in [0.1, 0.15) is 11.9 Å². The largest absolute Gasteiger partial charge is 0.487 e. The highest BCUT2D eigenvalue weighted by Crippen LogP contribution is 2.35. The van der Waals surface area contributed by atoms with E-state index in [9.17, 15) is 5.11 Å². The van der Waals surface area contributed by atoms with Crippen LogP contribution >= 0.6 is 15.9 Å². The van der Waals surface area contributed by atoms with Gasteiger partial charge < -0.3 is 9.84 Å². The predicted octanol–water partition coefficient (Wildman–Crippen LogP) is 3.89. The fourth-order valence-electron chi connectivity index (χ4n) is 2.51. The number of rotatable bonds is 2. The van der Waals surface area contributed by atoms with Gasteiger partial charge in [0.15, 0.2) is 0 Å². The van der Waals surface area contributed by atoms with Crippen LogP contribution in [-0.4, -0.2) is 17.3 Å². The van der Waals surface area contributed by atoms with E-state index in [2.05, 4.69) is 34.1 Å². The van der Waals surface area contributed by atoms with Gasteiger partial charge in [-0.25, -0.2) is 0 Å². The third-order valence-corrected chi connectivity index (χ3v) is 4.34. The van der Waals surface area contributed by atoms with Gasteiger partial charge in [-0.2, -0.15) is 0 Å². The van der Waals surface area contributed by atoms with E-state index in [1.54, 1.807) is 0 Å². The Morgan fingerprint density at radius 1 is 1.11 bits per heavy atom. The maximum absolute atomic E-state index is 9.81. The van der Waals surface area contributed by atoms with Crippen molar-refractivity contribution in [1.29, 1.82) is 0 Å². The molecule has 0 saturated heterocycles. The summed E-state index contributed by atoms with van der Waals surface area (Å²) in [6, 6.07) is 12.2. The smallest absolute Gasteiger partial charge is 0.134 e. The van der Waals surface area contributed by atoms with Gasteiger partial charge in [0.05, 0.1) is 10.6 Å². The summed E-state index contributed by atoms with van der Waals surface area (Å²) in [5.41, 5.74) is 0. The van der Waals surface area contributed by atoms with Crippen LogP contribution in [0.5, 0.6) is 5.75 Å². The van der Waals surface area contributed by atoms with Crippen molar-refractivity contribution in [1.82, 2.24) is 0 Å². The van der Waals surface area contributed by atoms with Gasteiger partial charge in [-0.3, -0.25) is 0 Å². The normalized spacial score (nSPS) is 23.4. The number of hydrogen-bond donors (Lipinski definition) is 1. The van der Waals surface area contributed by atoms with Gasteiger partial charge >= 0.3 is 0 Å². The molecule has 0 radical (unpaired) electrons. The van der Waals surface area contributed by atoms with E-state index in [1.807, 2.05) is 18.2 Å². The summed E-state index contributed by atoms with van der Waals surface area (Å²) in [7, 11) is 0. The van der Waals surface area contributed by atoms with Gasteiger partial charge in [-0.15, -0.1) is 0 Å². The number of fused-ring (bicyclic) bond motifs is 1. The molecule has 2 aromatic rings. The third-order valence-electron chi connectivity index (χ3n) is 3.52. The number of benzene rings is 2. The van der Waals surface area contributed by atoms with Crippen LogP contribution in [0.1, 0.15) is 19.3 Å². The number of hydrogen-bond acceptors (Lipinski definition) is 2. The zero-order chi connectivity index (χ0) is 12.5. The van der Waals surface area contributed by atoms with Crippen molar-refractivity contribution in [2.75, 3.05) is 0 Å². The molecule has 2 aromatic carbocycles. The molecular formula is C15H15BrO2. The molecule has 1 aliphatic rings. The van der Waals surface area contributed by atoms with Crippen molar-refractivity contribution < 1.29 is 9.84 Å². The fraction of sp³-hybridized carbons (Fsp3) is 0.333. The Labute approximate surface area is 115 Å². The standard InChI is InChI=1S/C15H15BrO2/c16-15-11-5-2-1-4-10(11)8-9-14(15)18-13-7-3-6-12(13)17/h1-2,4-5,8-9,12-13,17H,3,6-7H2. The minimum absolute atomic E-state index is 0.0672. The van der Waals surface area contributed by atoms with Crippen LogP contribution in [-0.2, 0) is 0 Å². The summed E-state index contributed by atoms with van der Waals surface area (Å²) < 4.78 is 6.90. The van der Waals surface area contributed by atoms with Crippen LogP contribution in [0.25, 0.3) is 10.8 Å². The summed E-state index contributed by atoms with van der Waals surface area (Å²) in [5.74, 6) is 0.819. The van der Waals surface area contributed by atoms with Crippen LogP contribution in [0.15, 0.2) is 40.9 Å². The van der Waals surface area contributed by atoms with Gasteiger partial charge in [-0.1, -0.05) is 30.3 Å². The molecule has 3 heteroatoms. The first-order valence-corrected chi connectivity index (χ1v) is 7.07. The molecule has 1 aliphatic carbocycles. The van der Waals surface area contributed by atoms with E-state index in [1.165, 1.54) is 5.39 Å². The highest BCUT2D eigenvalue weighted by atomic mass is 79.9. The summed E-state index contributed by atoms with van der Waals surface area (Å²) >= 11 is 3.60. The lowest BCUT2D eigenvalue weighted by Gasteiger charge is -2.18. The molecule has 1 fully saturated rings.